The first kappa shape index (κ1) is 22.9. The minimum Gasteiger partial charge on any atom is -0.493 e. The first-order chi connectivity index (χ1) is 14.2. The molecule has 0 bridgehead atoms. The highest BCUT2D eigenvalue weighted by Crippen LogP contribution is 2.44. The highest BCUT2D eigenvalue weighted by atomic mass is 16.5. The van der Waals surface area contributed by atoms with Gasteiger partial charge in [0.25, 0.3) is 0 Å². The van der Waals surface area contributed by atoms with E-state index in [9.17, 15) is 4.79 Å². The summed E-state index contributed by atoms with van der Waals surface area (Å²) in [5, 5.41) is 0. The predicted molar refractivity (Wildman–Crippen MR) is 118 cm³/mol. The van der Waals surface area contributed by atoms with Crippen LogP contribution in [0.15, 0.2) is 12.1 Å². The number of carbonyl (C=O) groups is 1. The molecule has 0 unspecified atom stereocenters. The van der Waals surface area contributed by atoms with Crippen LogP contribution in [0.3, 0.4) is 0 Å². The fraction of sp³-hybridized carbons (Fsp3) is 0.708. The second-order valence-electron chi connectivity index (χ2n) is 9.54. The molecule has 2 N–H and O–H groups in total. The zero-order valence-electron chi connectivity index (χ0n) is 19.3. The highest BCUT2D eigenvalue weighted by Gasteiger charge is 2.41. The van der Waals surface area contributed by atoms with E-state index in [1.54, 1.807) is 14.2 Å². The van der Waals surface area contributed by atoms with Crippen molar-refractivity contribution in [3.8, 4) is 11.5 Å². The van der Waals surface area contributed by atoms with Gasteiger partial charge in [0, 0.05) is 31.5 Å². The van der Waals surface area contributed by atoms with Gasteiger partial charge in [-0.25, -0.2) is 0 Å². The summed E-state index contributed by atoms with van der Waals surface area (Å²) in [6.45, 7) is 10.3. The Balaban J connectivity index is 1.88. The maximum Gasteiger partial charge on any atom is 0.323 e. The highest BCUT2D eigenvalue weighted by molar-refractivity contribution is 5.76. The molecule has 1 fully saturated rings. The molecule has 2 aliphatic heterocycles. The molecule has 2 heterocycles. The van der Waals surface area contributed by atoms with Crippen molar-refractivity contribution < 1.29 is 19.0 Å². The van der Waals surface area contributed by atoms with Gasteiger partial charge in [0.2, 0.25) is 0 Å². The zero-order chi connectivity index (χ0) is 22.0. The molecule has 2 aliphatic rings. The molecule has 3 rings (SSSR count). The van der Waals surface area contributed by atoms with Crippen LogP contribution in [0.2, 0.25) is 0 Å². The van der Waals surface area contributed by atoms with Gasteiger partial charge in [-0.15, -0.1) is 0 Å². The van der Waals surface area contributed by atoms with E-state index < -0.39 is 6.04 Å². The lowest BCUT2D eigenvalue weighted by Crippen LogP contribution is -2.51. The van der Waals surface area contributed by atoms with Gasteiger partial charge < -0.3 is 19.9 Å². The minimum absolute atomic E-state index is 0.0632. The van der Waals surface area contributed by atoms with Crippen LogP contribution in [0.25, 0.3) is 0 Å². The lowest BCUT2D eigenvalue weighted by molar-refractivity contribution is -0.160. The summed E-state index contributed by atoms with van der Waals surface area (Å²) in [4.78, 5) is 15.2. The summed E-state index contributed by atoms with van der Waals surface area (Å²) in [6.07, 6.45) is 2.70. The molecule has 1 aromatic rings. The summed E-state index contributed by atoms with van der Waals surface area (Å²) in [5.74, 6) is 2.18. The second-order valence-corrected chi connectivity index (χ2v) is 9.54. The Hall–Kier alpha value is -1.79. The number of hydrogen-bond donors (Lipinski definition) is 1. The van der Waals surface area contributed by atoms with Crippen molar-refractivity contribution in [2.24, 2.45) is 23.5 Å². The first-order valence-corrected chi connectivity index (χ1v) is 11.2. The quantitative estimate of drug-likeness (QED) is 0.683. The van der Waals surface area contributed by atoms with Gasteiger partial charge >= 0.3 is 5.97 Å². The molecule has 6 nitrogen and oxygen atoms in total. The number of nitrogens with two attached hydrogens (primary N) is 1. The standard InChI is InChI=1S/C24H38N2O4/c1-14(2)9-17-13-26-8-7-16-10-21(28-5)22(29-6)11-18(16)19(26)12-20(17)30-24(27)23(25)15(3)4/h10-11,14-15,17,19-20,23H,7-9,12-13,25H2,1-6H3/t17-,19-,20+,23-/m0/s1. The van der Waals surface area contributed by atoms with Crippen LogP contribution >= 0.6 is 0 Å². The maximum atomic E-state index is 12.7. The fourth-order valence-corrected chi connectivity index (χ4v) is 4.88. The molecule has 168 valence electrons. The lowest BCUT2D eigenvalue weighted by atomic mass is 9.79. The number of hydrogen-bond acceptors (Lipinski definition) is 6. The Kier molecular flexibility index (Phi) is 7.30. The number of methoxy groups -OCH3 is 2. The molecule has 0 saturated carbocycles. The van der Waals surface area contributed by atoms with Crippen molar-refractivity contribution in [2.75, 3.05) is 27.3 Å². The average molecular weight is 419 g/mol. The number of benzene rings is 1. The predicted octanol–water partition coefficient (Wildman–Crippen LogP) is 3.56. The van der Waals surface area contributed by atoms with E-state index in [4.69, 9.17) is 19.9 Å². The van der Waals surface area contributed by atoms with Gasteiger partial charge in [-0.05, 0) is 47.9 Å². The van der Waals surface area contributed by atoms with E-state index >= 15 is 0 Å². The van der Waals surface area contributed by atoms with Crippen molar-refractivity contribution in [3.05, 3.63) is 23.3 Å². The number of esters is 1. The van der Waals surface area contributed by atoms with Gasteiger partial charge in [0.15, 0.2) is 11.5 Å². The van der Waals surface area contributed by atoms with Crippen LogP contribution in [0.5, 0.6) is 11.5 Å². The van der Waals surface area contributed by atoms with E-state index in [1.807, 2.05) is 13.8 Å². The zero-order valence-corrected chi connectivity index (χ0v) is 19.3. The van der Waals surface area contributed by atoms with Crippen LogP contribution in [-0.2, 0) is 16.0 Å². The molecule has 0 amide bonds. The minimum atomic E-state index is -0.578. The molecule has 6 heteroatoms. The number of fused-ring (bicyclic) bond motifs is 3. The van der Waals surface area contributed by atoms with Gasteiger partial charge in [0.1, 0.15) is 12.1 Å². The summed E-state index contributed by atoms with van der Waals surface area (Å²) in [6, 6.07) is 3.84. The molecule has 0 aromatic heterocycles. The fourth-order valence-electron chi connectivity index (χ4n) is 4.88. The van der Waals surface area contributed by atoms with Crippen molar-refractivity contribution in [3.63, 3.8) is 0 Å². The van der Waals surface area contributed by atoms with E-state index in [2.05, 4.69) is 30.9 Å². The van der Waals surface area contributed by atoms with E-state index in [0.717, 1.165) is 43.9 Å². The molecular weight excluding hydrogens is 380 g/mol. The number of rotatable bonds is 7. The van der Waals surface area contributed by atoms with E-state index in [0.29, 0.717) is 11.8 Å². The third kappa shape index (κ3) is 4.75. The first-order valence-electron chi connectivity index (χ1n) is 11.2. The lowest BCUT2D eigenvalue weighted by Gasteiger charge is -2.47. The number of nitrogens with zero attached hydrogens (tertiary/aromatic N) is 1. The second kappa shape index (κ2) is 9.56. The summed E-state index contributed by atoms with van der Waals surface area (Å²) in [5.41, 5.74) is 8.64. The molecule has 4 atom stereocenters. The molecule has 0 spiro atoms. The van der Waals surface area contributed by atoms with E-state index in [1.165, 1.54) is 11.1 Å². The molecular formula is C24H38N2O4. The Bertz CT molecular complexity index is 749. The monoisotopic (exact) mass is 418 g/mol. The van der Waals surface area contributed by atoms with Gasteiger partial charge in [-0.3, -0.25) is 9.69 Å². The summed E-state index contributed by atoms with van der Waals surface area (Å²) in [7, 11) is 3.34. The van der Waals surface area contributed by atoms with E-state index in [-0.39, 0.29) is 24.0 Å². The number of ether oxygens (including phenoxy) is 3. The number of piperidine rings is 1. The van der Waals surface area contributed by atoms with Gasteiger partial charge in [-0.1, -0.05) is 27.7 Å². The third-order valence-electron chi connectivity index (χ3n) is 6.60. The number of carbonyl (C=O) groups excluding carboxylic acids is 1. The average Bonchev–Trinajstić information content (AvgIpc) is 2.71. The van der Waals surface area contributed by atoms with Gasteiger partial charge in [0.05, 0.1) is 14.2 Å². The van der Waals surface area contributed by atoms with Crippen LogP contribution in [0.4, 0.5) is 0 Å². The smallest absolute Gasteiger partial charge is 0.323 e. The van der Waals surface area contributed by atoms with Crippen LogP contribution in [0, 0.1) is 17.8 Å². The topological polar surface area (TPSA) is 74.0 Å². The molecule has 1 aromatic carbocycles. The Morgan fingerprint density at radius 2 is 1.83 bits per heavy atom. The largest absolute Gasteiger partial charge is 0.493 e. The van der Waals surface area contributed by atoms with Crippen molar-refractivity contribution in [2.45, 2.75) is 65.1 Å². The normalized spacial score (nSPS) is 24.9. The molecule has 0 aliphatic carbocycles. The van der Waals surface area contributed by atoms with Crippen molar-refractivity contribution in [1.82, 2.24) is 4.90 Å². The Morgan fingerprint density at radius 1 is 1.17 bits per heavy atom. The maximum absolute atomic E-state index is 12.7. The Morgan fingerprint density at radius 3 is 2.43 bits per heavy atom. The third-order valence-corrected chi connectivity index (χ3v) is 6.60. The van der Waals surface area contributed by atoms with Crippen LogP contribution in [-0.4, -0.2) is 50.3 Å². The molecule has 1 saturated heterocycles. The van der Waals surface area contributed by atoms with Crippen LogP contribution < -0.4 is 15.2 Å². The summed E-state index contributed by atoms with van der Waals surface area (Å²) < 4.78 is 17.1. The molecule has 30 heavy (non-hydrogen) atoms. The van der Waals surface area contributed by atoms with Crippen molar-refractivity contribution >= 4 is 5.97 Å². The van der Waals surface area contributed by atoms with Crippen LogP contribution in [0.1, 0.15) is 57.7 Å². The SMILES string of the molecule is COc1cc2c(cc1OC)[C@@H]1C[C@@H](OC(=O)[C@@H](N)C(C)C)[C@@H](CC(C)C)CN1CC2. The summed E-state index contributed by atoms with van der Waals surface area (Å²) >= 11 is 0. The Labute approximate surface area is 181 Å². The van der Waals surface area contributed by atoms with Gasteiger partial charge in [-0.2, -0.15) is 0 Å². The van der Waals surface area contributed by atoms with Crippen molar-refractivity contribution in [1.29, 1.82) is 0 Å². The molecule has 0 radical (unpaired) electrons.